The van der Waals surface area contributed by atoms with E-state index in [-0.39, 0.29) is 17.8 Å². The second kappa shape index (κ2) is 5.13. The fourth-order valence-corrected chi connectivity index (χ4v) is 1.77. The number of rotatable bonds is 3. The highest BCUT2D eigenvalue weighted by Crippen LogP contribution is 2.32. The van der Waals surface area contributed by atoms with Crippen molar-refractivity contribution in [3.05, 3.63) is 36.4 Å². The van der Waals surface area contributed by atoms with Crippen LogP contribution in [0.4, 0.5) is 0 Å². The van der Waals surface area contributed by atoms with Gasteiger partial charge in [0.2, 0.25) is 0 Å². The maximum Gasteiger partial charge on any atom is 0.318 e. The van der Waals surface area contributed by atoms with Crippen molar-refractivity contribution in [3.63, 3.8) is 0 Å². The first kappa shape index (κ1) is 14.3. The molecule has 0 aromatic heterocycles. The SMILES string of the molecule is CC(N)C(C)(C)C(=O)Oc1cccc2c(O)cccc12. The fourth-order valence-electron chi connectivity index (χ4n) is 1.77. The summed E-state index contributed by atoms with van der Waals surface area (Å²) in [5, 5.41) is 11.2. The molecule has 0 radical (unpaired) electrons. The van der Waals surface area contributed by atoms with Crippen LogP contribution in [0, 0.1) is 5.41 Å². The lowest BCUT2D eigenvalue weighted by Gasteiger charge is -2.26. The number of hydrogen-bond acceptors (Lipinski definition) is 4. The first-order valence-corrected chi connectivity index (χ1v) is 6.52. The second-order valence-electron chi connectivity index (χ2n) is 5.53. The van der Waals surface area contributed by atoms with Gasteiger partial charge in [0.25, 0.3) is 0 Å². The van der Waals surface area contributed by atoms with Crippen molar-refractivity contribution in [1.82, 2.24) is 0 Å². The summed E-state index contributed by atoms with van der Waals surface area (Å²) < 4.78 is 5.48. The number of hydrogen-bond donors (Lipinski definition) is 2. The largest absolute Gasteiger partial charge is 0.507 e. The Hall–Kier alpha value is -2.07. The quantitative estimate of drug-likeness (QED) is 0.666. The summed E-state index contributed by atoms with van der Waals surface area (Å²) >= 11 is 0. The Kier molecular flexibility index (Phi) is 3.68. The predicted molar refractivity (Wildman–Crippen MR) is 78.7 cm³/mol. The number of carbonyl (C=O) groups is 1. The Labute approximate surface area is 118 Å². The van der Waals surface area contributed by atoms with Gasteiger partial charge in [0.15, 0.2) is 0 Å². The van der Waals surface area contributed by atoms with E-state index in [0.717, 1.165) is 0 Å². The highest BCUT2D eigenvalue weighted by Gasteiger charge is 2.34. The third kappa shape index (κ3) is 2.47. The van der Waals surface area contributed by atoms with E-state index in [1.165, 1.54) is 0 Å². The topological polar surface area (TPSA) is 72.6 Å². The Morgan fingerprint density at radius 3 is 2.45 bits per heavy atom. The van der Waals surface area contributed by atoms with E-state index >= 15 is 0 Å². The van der Waals surface area contributed by atoms with Gasteiger partial charge < -0.3 is 15.6 Å². The molecule has 4 heteroatoms. The summed E-state index contributed by atoms with van der Waals surface area (Å²) in [5.74, 6) is 0.201. The van der Waals surface area contributed by atoms with Gasteiger partial charge in [0.1, 0.15) is 11.5 Å². The molecule has 0 fully saturated rings. The summed E-state index contributed by atoms with van der Waals surface area (Å²) in [6, 6.07) is 10.0. The summed E-state index contributed by atoms with van der Waals surface area (Å²) in [5.41, 5.74) is 5.04. The van der Waals surface area contributed by atoms with E-state index in [2.05, 4.69) is 0 Å². The zero-order valence-corrected chi connectivity index (χ0v) is 11.9. The maximum atomic E-state index is 12.2. The molecule has 4 nitrogen and oxygen atoms in total. The van der Waals surface area contributed by atoms with E-state index in [0.29, 0.717) is 16.5 Å². The van der Waals surface area contributed by atoms with Crippen LogP contribution in [0.1, 0.15) is 20.8 Å². The number of ether oxygens (including phenoxy) is 1. The van der Waals surface area contributed by atoms with E-state index in [4.69, 9.17) is 10.5 Å². The Morgan fingerprint density at radius 2 is 1.80 bits per heavy atom. The van der Waals surface area contributed by atoms with Crippen LogP contribution in [0.3, 0.4) is 0 Å². The Morgan fingerprint density at radius 1 is 1.20 bits per heavy atom. The molecule has 1 unspecified atom stereocenters. The van der Waals surface area contributed by atoms with Crippen LogP contribution < -0.4 is 10.5 Å². The normalized spacial score (nSPS) is 13.2. The number of phenols is 1. The first-order valence-electron chi connectivity index (χ1n) is 6.52. The van der Waals surface area contributed by atoms with Gasteiger partial charge in [-0.15, -0.1) is 0 Å². The first-order chi connectivity index (χ1) is 9.34. The molecule has 0 heterocycles. The molecule has 1 atom stereocenters. The summed E-state index contributed by atoms with van der Waals surface area (Å²) in [7, 11) is 0. The Balaban J connectivity index is 2.41. The van der Waals surface area contributed by atoms with Crippen LogP contribution in [0.2, 0.25) is 0 Å². The molecule has 3 N–H and O–H groups in total. The third-order valence-electron chi connectivity index (χ3n) is 3.73. The summed E-state index contributed by atoms with van der Waals surface area (Å²) in [4.78, 5) is 12.2. The lowest BCUT2D eigenvalue weighted by molar-refractivity contribution is -0.144. The standard InChI is InChI=1S/C16H19NO3/c1-10(17)16(2,3)15(19)20-14-9-5-6-11-12(14)7-4-8-13(11)18/h4-10,18H,17H2,1-3H3. The molecule has 0 bridgehead atoms. The number of aromatic hydroxyl groups is 1. The smallest absolute Gasteiger partial charge is 0.318 e. The molecular weight excluding hydrogens is 254 g/mol. The van der Waals surface area contributed by atoms with Crippen molar-refractivity contribution in [2.45, 2.75) is 26.8 Å². The highest BCUT2D eigenvalue weighted by molar-refractivity contribution is 5.94. The van der Waals surface area contributed by atoms with Crippen LogP contribution >= 0.6 is 0 Å². The molecule has 0 aliphatic rings. The van der Waals surface area contributed by atoms with Gasteiger partial charge in [0, 0.05) is 16.8 Å². The minimum absolute atomic E-state index is 0.159. The van der Waals surface area contributed by atoms with Crippen LogP contribution in [0.25, 0.3) is 10.8 Å². The van der Waals surface area contributed by atoms with Crippen LogP contribution in [-0.4, -0.2) is 17.1 Å². The lowest BCUT2D eigenvalue weighted by atomic mass is 9.86. The molecule has 2 aromatic rings. The number of nitrogens with two attached hydrogens (primary N) is 1. The maximum absolute atomic E-state index is 12.2. The van der Waals surface area contributed by atoms with Crippen LogP contribution in [-0.2, 0) is 4.79 Å². The van der Waals surface area contributed by atoms with Crippen molar-refractivity contribution >= 4 is 16.7 Å². The van der Waals surface area contributed by atoms with Crippen LogP contribution in [0.5, 0.6) is 11.5 Å². The molecule has 0 amide bonds. The Bertz CT molecular complexity index is 647. The van der Waals surface area contributed by atoms with Crippen molar-refractivity contribution < 1.29 is 14.6 Å². The molecular formula is C16H19NO3. The van der Waals surface area contributed by atoms with Crippen molar-refractivity contribution in [2.75, 3.05) is 0 Å². The summed E-state index contributed by atoms with van der Waals surface area (Å²) in [6.07, 6.45) is 0. The van der Waals surface area contributed by atoms with E-state index in [1.807, 2.05) is 0 Å². The van der Waals surface area contributed by atoms with E-state index in [9.17, 15) is 9.90 Å². The zero-order chi connectivity index (χ0) is 14.9. The van der Waals surface area contributed by atoms with Gasteiger partial charge in [0.05, 0.1) is 5.41 Å². The molecule has 0 aliphatic heterocycles. The highest BCUT2D eigenvalue weighted by atomic mass is 16.5. The second-order valence-corrected chi connectivity index (χ2v) is 5.53. The van der Waals surface area contributed by atoms with Crippen molar-refractivity contribution in [1.29, 1.82) is 0 Å². The van der Waals surface area contributed by atoms with Crippen molar-refractivity contribution in [3.8, 4) is 11.5 Å². The van der Waals surface area contributed by atoms with Crippen LogP contribution in [0.15, 0.2) is 36.4 Å². The van der Waals surface area contributed by atoms with Gasteiger partial charge in [-0.25, -0.2) is 0 Å². The molecule has 0 spiro atoms. The van der Waals surface area contributed by atoms with E-state index in [1.54, 1.807) is 57.2 Å². The van der Waals surface area contributed by atoms with Gasteiger partial charge in [-0.2, -0.15) is 0 Å². The molecule has 106 valence electrons. The minimum atomic E-state index is -0.779. The zero-order valence-electron chi connectivity index (χ0n) is 11.9. The van der Waals surface area contributed by atoms with Gasteiger partial charge >= 0.3 is 5.97 Å². The van der Waals surface area contributed by atoms with E-state index < -0.39 is 5.41 Å². The molecule has 0 saturated carbocycles. The lowest BCUT2D eigenvalue weighted by Crippen LogP contribution is -2.43. The number of carbonyl (C=O) groups excluding carboxylic acids is 1. The molecule has 0 aliphatic carbocycles. The third-order valence-corrected chi connectivity index (χ3v) is 3.73. The number of fused-ring (bicyclic) bond motifs is 1. The van der Waals surface area contributed by atoms with Gasteiger partial charge in [-0.05, 0) is 32.9 Å². The number of esters is 1. The molecule has 2 aromatic carbocycles. The molecule has 0 saturated heterocycles. The van der Waals surface area contributed by atoms with Gasteiger partial charge in [-0.3, -0.25) is 4.79 Å². The van der Waals surface area contributed by atoms with Gasteiger partial charge in [-0.1, -0.05) is 24.3 Å². The fraction of sp³-hybridized carbons (Fsp3) is 0.312. The number of phenolic OH excluding ortho intramolecular Hbond substituents is 1. The summed E-state index contributed by atoms with van der Waals surface area (Å²) in [6.45, 7) is 5.28. The molecule has 2 rings (SSSR count). The monoisotopic (exact) mass is 273 g/mol. The average Bonchev–Trinajstić information content (AvgIpc) is 2.39. The number of benzene rings is 2. The predicted octanol–water partition coefficient (Wildman–Crippen LogP) is 2.82. The average molecular weight is 273 g/mol. The van der Waals surface area contributed by atoms with Crippen molar-refractivity contribution in [2.24, 2.45) is 11.1 Å². The minimum Gasteiger partial charge on any atom is -0.507 e. The molecule has 20 heavy (non-hydrogen) atoms.